The Balaban J connectivity index is 2.05. The Kier molecular flexibility index (Phi) is 4.21. The molecule has 0 saturated carbocycles. The van der Waals surface area contributed by atoms with Crippen molar-refractivity contribution in [2.24, 2.45) is 0 Å². The number of aromatic nitrogens is 1. The van der Waals surface area contributed by atoms with E-state index in [4.69, 9.17) is 10.5 Å². The highest BCUT2D eigenvalue weighted by Gasteiger charge is 2.30. The van der Waals surface area contributed by atoms with Crippen LogP contribution in [0, 0.1) is 0 Å². The third kappa shape index (κ3) is 4.01. The van der Waals surface area contributed by atoms with Crippen LogP contribution in [0.2, 0.25) is 0 Å². The molecule has 0 atom stereocenters. The summed E-state index contributed by atoms with van der Waals surface area (Å²) >= 11 is 0. The smallest absolute Gasteiger partial charge is 0.417 e. The fourth-order valence-electron chi connectivity index (χ4n) is 1.74. The van der Waals surface area contributed by atoms with Crippen molar-refractivity contribution in [3.8, 4) is 5.75 Å². The third-order valence-electron chi connectivity index (χ3n) is 2.77. The maximum atomic E-state index is 12.6. The maximum Gasteiger partial charge on any atom is 0.417 e. The number of nitrogens with two attached hydrogens (primary N) is 1. The number of nitrogen functional groups attached to an aromatic ring is 1. The molecule has 21 heavy (non-hydrogen) atoms. The maximum absolute atomic E-state index is 12.6. The molecule has 4 nitrogen and oxygen atoms in total. The highest BCUT2D eigenvalue weighted by molar-refractivity contribution is 5.43. The SMILES string of the molecule is Nc1cccc(OCCn2cc(C(F)(F)F)ccc2=O)c1. The van der Waals surface area contributed by atoms with E-state index in [9.17, 15) is 18.0 Å². The molecule has 7 heteroatoms. The molecule has 1 heterocycles. The van der Waals surface area contributed by atoms with E-state index >= 15 is 0 Å². The van der Waals surface area contributed by atoms with Gasteiger partial charge in [-0.2, -0.15) is 13.2 Å². The molecule has 0 aliphatic rings. The topological polar surface area (TPSA) is 57.2 Å². The minimum atomic E-state index is -4.48. The van der Waals surface area contributed by atoms with Gasteiger partial charge in [-0.15, -0.1) is 0 Å². The van der Waals surface area contributed by atoms with Gasteiger partial charge in [0.05, 0.1) is 12.1 Å². The number of benzene rings is 1. The zero-order valence-electron chi connectivity index (χ0n) is 10.9. The average molecular weight is 298 g/mol. The summed E-state index contributed by atoms with van der Waals surface area (Å²) in [6, 6.07) is 8.30. The molecule has 0 aliphatic carbocycles. The Morgan fingerprint density at radius 3 is 2.62 bits per heavy atom. The summed E-state index contributed by atoms with van der Waals surface area (Å²) in [7, 11) is 0. The molecule has 0 bridgehead atoms. The summed E-state index contributed by atoms with van der Waals surface area (Å²) < 4.78 is 44.0. The van der Waals surface area contributed by atoms with Crippen LogP contribution in [-0.4, -0.2) is 11.2 Å². The van der Waals surface area contributed by atoms with Crippen molar-refractivity contribution in [2.75, 3.05) is 12.3 Å². The number of anilines is 1. The van der Waals surface area contributed by atoms with Gasteiger partial charge in [0.1, 0.15) is 12.4 Å². The normalized spacial score (nSPS) is 11.4. The van der Waals surface area contributed by atoms with E-state index in [1.165, 1.54) is 0 Å². The van der Waals surface area contributed by atoms with Crippen molar-refractivity contribution in [1.29, 1.82) is 0 Å². The van der Waals surface area contributed by atoms with E-state index in [2.05, 4.69) is 0 Å². The first kappa shape index (κ1) is 15.0. The van der Waals surface area contributed by atoms with Gasteiger partial charge in [-0.05, 0) is 18.2 Å². The van der Waals surface area contributed by atoms with Crippen molar-refractivity contribution in [3.05, 3.63) is 58.5 Å². The molecule has 0 amide bonds. The number of hydrogen-bond acceptors (Lipinski definition) is 3. The van der Waals surface area contributed by atoms with Gasteiger partial charge in [-0.1, -0.05) is 6.07 Å². The molecular formula is C14H13F3N2O2. The second-order valence-corrected chi connectivity index (χ2v) is 4.37. The molecule has 2 rings (SSSR count). The van der Waals surface area contributed by atoms with Crippen molar-refractivity contribution < 1.29 is 17.9 Å². The van der Waals surface area contributed by atoms with E-state index < -0.39 is 17.3 Å². The van der Waals surface area contributed by atoms with Gasteiger partial charge < -0.3 is 15.0 Å². The van der Waals surface area contributed by atoms with Crippen LogP contribution in [0.15, 0.2) is 47.4 Å². The molecule has 0 fully saturated rings. The van der Waals surface area contributed by atoms with Crippen LogP contribution in [0.4, 0.5) is 18.9 Å². The highest BCUT2D eigenvalue weighted by Crippen LogP contribution is 2.28. The molecule has 112 valence electrons. The summed E-state index contributed by atoms with van der Waals surface area (Å²) in [5.74, 6) is 0.495. The average Bonchev–Trinajstić information content (AvgIpc) is 2.39. The third-order valence-corrected chi connectivity index (χ3v) is 2.77. The van der Waals surface area contributed by atoms with Gasteiger partial charge in [0.15, 0.2) is 0 Å². The lowest BCUT2D eigenvalue weighted by molar-refractivity contribution is -0.138. The van der Waals surface area contributed by atoms with Gasteiger partial charge >= 0.3 is 6.18 Å². The molecule has 0 radical (unpaired) electrons. The number of halogens is 3. The molecule has 0 aliphatic heterocycles. The van der Waals surface area contributed by atoms with Gasteiger partial charge in [-0.25, -0.2) is 0 Å². The van der Waals surface area contributed by atoms with Crippen LogP contribution < -0.4 is 16.0 Å². The number of ether oxygens (including phenoxy) is 1. The predicted molar refractivity (Wildman–Crippen MR) is 72.1 cm³/mol. The molecule has 0 unspecified atom stereocenters. The minimum absolute atomic E-state index is 0.0115. The lowest BCUT2D eigenvalue weighted by Gasteiger charge is -2.11. The van der Waals surface area contributed by atoms with E-state index in [0.717, 1.165) is 22.9 Å². The number of hydrogen-bond donors (Lipinski definition) is 1. The summed E-state index contributed by atoms with van der Waals surface area (Å²) in [5.41, 5.74) is 4.71. The van der Waals surface area contributed by atoms with Crippen molar-refractivity contribution >= 4 is 5.69 Å². The van der Waals surface area contributed by atoms with E-state index in [-0.39, 0.29) is 13.2 Å². The predicted octanol–water partition coefficient (Wildman–Crippen LogP) is 2.53. The Morgan fingerprint density at radius 1 is 1.19 bits per heavy atom. The highest BCUT2D eigenvalue weighted by atomic mass is 19.4. The van der Waals surface area contributed by atoms with Crippen LogP contribution >= 0.6 is 0 Å². The van der Waals surface area contributed by atoms with Crippen LogP contribution in [0.5, 0.6) is 5.75 Å². The molecular weight excluding hydrogens is 285 g/mol. The monoisotopic (exact) mass is 298 g/mol. The first-order chi connectivity index (χ1) is 9.86. The number of nitrogens with zero attached hydrogens (tertiary/aromatic N) is 1. The second-order valence-electron chi connectivity index (χ2n) is 4.37. The number of alkyl halides is 3. The lowest BCUT2D eigenvalue weighted by atomic mass is 10.3. The first-order valence-corrected chi connectivity index (χ1v) is 6.12. The van der Waals surface area contributed by atoms with Gasteiger partial charge in [0, 0.05) is 24.0 Å². The number of pyridine rings is 1. The quantitative estimate of drug-likeness (QED) is 0.882. The molecule has 2 N–H and O–H groups in total. The largest absolute Gasteiger partial charge is 0.492 e. The molecule has 0 saturated heterocycles. The van der Waals surface area contributed by atoms with Crippen molar-refractivity contribution in [1.82, 2.24) is 4.57 Å². The summed E-state index contributed by atoms with van der Waals surface area (Å²) in [6.45, 7) is 0.0716. The summed E-state index contributed by atoms with van der Waals surface area (Å²) in [5, 5.41) is 0. The van der Waals surface area contributed by atoms with Crippen LogP contribution in [0.3, 0.4) is 0 Å². The Hall–Kier alpha value is -2.44. The Bertz CT molecular complexity index is 680. The van der Waals surface area contributed by atoms with E-state index in [0.29, 0.717) is 11.4 Å². The van der Waals surface area contributed by atoms with Gasteiger partial charge in [0.25, 0.3) is 5.56 Å². The zero-order valence-corrected chi connectivity index (χ0v) is 10.9. The Labute approximate surface area is 118 Å². The lowest BCUT2D eigenvalue weighted by Crippen LogP contribution is -2.24. The van der Waals surface area contributed by atoms with Crippen molar-refractivity contribution in [2.45, 2.75) is 12.7 Å². The van der Waals surface area contributed by atoms with Gasteiger partial charge in [0.2, 0.25) is 0 Å². The van der Waals surface area contributed by atoms with Gasteiger partial charge in [-0.3, -0.25) is 4.79 Å². The fraction of sp³-hybridized carbons (Fsp3) is 0.214. The summed E-state index contributed by atoms with van der Waals surface area (Å²) in [6.07, 6.45) is -3.70. The van der Waals surface area contributed by atoms with E-state index in [1.54, 1.807) is 24.3 Å². The molecule has 0 spiro atoms. The second kappa shape index (κ2) is 5.90. The fourth-order valence-corrected chi connectivity index (χ4v) is 1.74. The Morgan fingerprint density at radius 2 is 1.95 bits per heavy atom. The van der Waals surface area contributed by atoms with Crippen LogP contribution in [0.25, 0.3) is 0 Å². The van der Waals surface area contributed by atoms with E-state index in [1.807, 2.05) is 0 Å². The van der Waals surface area contributed by atoms with Crippen molar-refractivity contribution in [3.63, 3.8) is 0 Å². The van der Waals surface area contributed by atoms with Crippen LogP contribution in [-0.2, 0) is 12.7 Å². The zero-order chi connectivity index (χ0) is 15.5. The molecule has 1 aromatic heterocycles. The standard InChI is InChI=1S/C14H13F3N2O2/c15-14(16,17)10-4-5-13(20)19(9-10)6-7-21-12-3-1-2-11(18)8-12/h1-5,8-9H,6-7,18H2. The minimum Gasteiger partial charge on any atom is -0.492 e. The number of rotatable bonds is 4. The van der Waals surface area contributed by atoms with Crippen LogP contribution in [0.1, 0.15) is 5.56 Å². The molecule has 1 aromatic carbocycles. The summed E-state index contributed by atoms with van der Waals surface area (Å²) in [4.78, 5) is 11.5. The molecule has 2 aromatic rings. The first-order valence-electron chi connectivity index (χ1n) is 6.12.